The number of nitrogens with zero attached hydrogens (tertiary/aromatic N) is 4. The molecule has 3 aromatic rings. The molecule has 118 valence electrons. The monoisotopic (exact) mass is 311 g/mol. The van der Waals surface area contributed by atoms with E-state index in [9.17, 15) is 9.90 Å². The van der Waals surface area contributed by atoms with E-state index < -0.39 is 12.0 Å². The number of benzene rings is 1. The zero-order valence-corrected chi connectivity index (χ0v) is 12.5. The van der Waals surface area contributed by atoms with Crippen molar-refractivity contribution >= 4 is 17.0 Å². The number of carbonyl (C=O) groups is 1. The lowest BCUT2D eigenvalue weighted by Crippen LogP contribution is -2.46. The highest BCUT2D eigenvalue weighted by Gasteiger charge is 2.32. The third-order valence-corrected chi connectivity index (χ3v) is 4.44. The van der Waals surface area contributed by atoms with Crippen LogP contribution in [0.2, 0.25) is 0 Å². The summed E-state index contributed by atoms with van der Waals surface area (Å²) < 4.78 is 2.07. The van der Waals surface area contributed by atoms with E-state index in [1.807, 2.05) is 35.5 Å². The van der Waals surface area contributed by atoms with Crippen LogP contribution in [0.25, 0.3) is 11.0 Å². The van der Waals surface area contributed by atoms with Crippen LogP contribution < -0.4 is 0 Å². The van der Waals surface area contributed by atoms with E-state index >= 15 is 0 Å². The van der Waals surface area contributed by atoms with Crippen LogP contribution >= 0.6 is 0 Å². The molecule has 0 spiro atoms. The summed E-state index contributed by atoms with van der Waals surface area (Å²) in [6, 6.07) is 7.42. The number of para-hydroxylation sites is 2. The number of imidazole rings is 2. The lowest BCUT2D eigenvalue weighted by atomic mass is 10.0. The van der Waals surface area contributed by atoms with Crippen molar-refractivity contribution in [2.45, 2.75) is 25.6 Å². The first kappa shape index (κ1) is 14.0. The number of rotatable bonds is 4. The van der Waals surface area contributed by atoms with E-state index in [4.69, 9.17) is 0 Å². The molecule has 7 nitrogen and oxygen atoms in total. The third kappa shape index (κ3) is 2.49. The fraction of sp³-hybridized carbons (Fsp3) is 0.312. The van der Waals surface area contributed by atoms with Crippen molar-refractivity contribution in [3.05, 3.63) is 48.3 Å². The number of hydrogen-bond donors (Lipinski definition) is 2. The molecule has 0 unspecified atom stereocenters. The molecule has 23 heavy (non-hydrogen) atoms. The molecule has 1 aliphatic heterocycles. The lowest BCUT2D eigenvalue weighted by molar-refractivity contribution is -0.144. The van der Waals surface area contributed by atoms with Crippen molar-refractivity contribution < 1.29 is 9.90 Å². The fourth-order valence-electron chi connectivity index (χ4n) is 3.19. The summed E-state index contributed by atoms with van der Waals surface area (Å²) in [6.45, 7) is 1.93. The van der Waals surface area contributed by atoms with Gasteiger partial charge in [0.1, 0.15) is 6.04 Å². The second kappa shape index (κ2) is 5.51. The molecule has 2 N–H and O–H groups in total. The van der Waals surface area contributed by atoms with Crippen LogP contribution in [0, 0.1) is 0 Å². The summed E-state index contributed by atoms with van der Waals surface area (Å²) in [5, 5.41) is 9.50. The smallest absolute Gasteiger partial charge is 0.321 e. The van der Waals surface area contributed by atoms with Crippen LogP contribution in [0.4, 0.5) is 0 Å². The minimum Gasteiger partial charge on any atom is -0.480 e. The Kier molecular flexibility index (Phi) is 3.34. The van der Waals surface area contributed by atoms with Crippen molar-refractivity contribution in [3.8, 4) is 0 Å². The number of carboxylic acid groups (broad SMARTS) is 1. The number of carboxylic acids is 1. The van der Waals surface area contributed by atoms with Crippen LogP contribution in [0.3, 0.4) is 0 Å². The predicted octanol–water partition coefficient (Wildman–Crippen LogP) is 1.27. The molecule has 0 saturated carbocycles. The van der Waals surface area contributed by atoms with Crippen LogP contribution in [-0.2, 0) is 24.3 Å². The Labute approximate surface area is 132 Å². The molecule has 0 bridgehead atoms. The molecule has 1 aromatic carbocycles. The Balaban J connectivity index is 1.54. The van der Waals surface area contributed by atoms with Gasteiger partial charge in [0.15, 0.2) is 0 Å². The fourth-order valence-corrected chi connectivity index (χ4v) is 3.19. The first-order chi connectivity index (χ1) is 11.2. The summed E-state index contributed by atoms with van der Waals surface area (Å²) >= 11 is 0. The number of aromatic amines is 1. The minimum absolute atomic E-state index is 0.443. The molecule has 3 heterocycles. The Morgan fingerprint density at radius 1 is 1.30 bits per heavy atom. The summed E-state index contributed by atoms with van der Waals surface area (Å²) in [7, 11) is 0. The normalized spacial score (nSPS) is 18.2. The first-order valence-electron chi connectivity index (χ1n) is 7.60. The van der Waals surface area contributed by atoms with E-state index in [0.29, 0.717) is 26.1 Å². The van der Waals surface area contributed by atoms with Gasteiger partial charge in [-0.15, -0.1) is 0 Å². The van der Waals surface area contributed by atoms with E-state index in [0.717, 1.165) is 22.4 Å². The number of H-pyrrole nitrogens is 1. The summed E-state index contributed by atoms with van der Waals surface area (Å²) in [6.07, 6.45) is 3.89. The van der Waals surface area contributed by atoms with Crippen molar-refractivity contribution in [2.24, 2.45) is 0 Å². The van der Waals surface area contributed by atoms with Gasteiger partial charge in [0.05, 0.1) is 35.1 Å². The highest BCUT2D eigenvalue weighted by atomic mass is 16.4. The number of hydrogen-bond acceptors (Lipinski definition) is 4. The molecule has 0 radical (unpaired) electrons. The van der Waals surface area contributed by atoms with Gasteiger partial charge in [0.2, 0.25) is 0 Å². The molecule has 1 aliphatic rings. The maximum absolute atomic E-state index is 11.6. The number of aromatic nitrogens is 4. The van der Waals surface area contributed by atoms with Gasteiger partial charge in [-0.2, -0.15) is 0 Å². The molecular weight excluding hydrogens is 294 g/mol. The molecule has 0 fully saturated rings. The van der Waals surface area contributed by atoms with Gasteiger partial charge < -0.3 is 14.7 Å². The van der Waals surface area contributed by atoms with Gasteiger partial charge in [0.25, 0.3) is 0 Å². The van der Waals surface area contributed by atoms with Crippen LogP contribution in [0.5, 0.6) is 0 Å². The molecular formula is C16H17N5O2. The van der Waals surface area contributed by atoms with Crippen molar-refractivity contribution in [1.82, 2.24) is 24.4 Å². The Bertz CT molecular complexity index is 853. The van der Waals surface area contributed by atoms with Crippen LogP contribution in [-0.4, -0.2) is 48.1 Å². The Morgan fingerprint density at radius 3 is 3.04 bits per heavy atom. The average molecular weight is 311 g/mol. The molecule has 0 amide bonds. The first-order valence-corrected chi connectivity index (χ1v) is 7.60. The molecule has 4 rings (SSSR count). The number of nitrogens with one attached hydrogen (secondary N) is 1. The maximum atomic E-state index is 11.6. The Morgan fingerprint density at radius 2 is 2.17 bits per heavy atom. The van der Waals surface area contributed by atoms with E-state index in [2.05, 4.69) is 19.5 Å². The average Bonchev–Trinajstić information content (AvgIpc) is 3.18. The molecule has 0 saturated heterocycles. The van der Waals surface area contributed by atoms with Gasteiger partial charge in [0, 0.05) is 26.1 Å². The second-order valence-corrected chi connectivity index (χ2v) is 5.78. The van der Waals surface area contributed by atoms with Crippen molar-refractivity contribution in [1.29, 1.82) is 0 Å². The highest BCUT2D eigenvalue weighted by Crippen LogP contribution is 2.21. The van der Waals surface area contributed by atoms with E-state index in [1.165, 1.54) is 0 Å². The third-order valence-electron chi connectivity index (χ3n) is 4.44. The molecule has 0 aliphatic carbocycles. The van der Waals surface area contributed by atoms with Crippen LogP contribution in [0.1, 0.15) is 11.4 Å². The molecule has 2 aromatic heterocycles. The van der Waals surface area contributed by atoms with E-state index in [1.54, 1.807) is 6.33 Å². The summed E-state index contributed by atoms with van der Waals surface area (Å²) in [5.74, 6) is -0.797. The quantitative estimate of drug-likeness (QED) is 0.758. The Hall–Kier alpha value is -2.67. The van der Waals surface area contributed by atoms with Gasteiger partial charge in [-0.05, 0) is 12.1 Å². The minimum atomic E-state index is -0.797. The molecule has 7 heteroatoms. The largest absolute Gasteiger partial charge is 0.480 e. The standard InChI is InChI=1S/C16H17N5O2/c22-16(23)15-7-12-13(18-9-17-12)8-20(15)5-6-21-10-19-11-3-1-2-4-14(11)21/h1-4,9-10,15H,5-8H2,(H,17,18)(H,22,23)/t15-/m1/s1. The SMILES string of the molecule is O=C(O)[C@H]1Cc2nc[nH]c2CN1CCn1cnc2ccccc21. The van der Waals surface area contributed by atoms with Gasteiger partial charge in [-0.3, -0.25) is 9.69 Å². The number of aliphatic carboxylic acids is 1. The lowest BCUT2D eigenvalue weighted by Gasteiger charge is -2.32. The van der Waals surface area contributed by atoms with Crippen LogP contribution in [0.15, 0.2) is 36.9 Å². The van der Waals surface area contributed by atoms with Gasteiger partial charge >= 0.3 is 5.97 Å². The zero-order valence-electron chi connectivity index (χ0n) is 12.5. The maximum Gasteiger partial charge on any atom is 0.321 e. The summed E-state index contributed by atoms with van der Waals surface area (Å²) in [4.78, 5) is 25.3. The highest BCUT2D eigenvalue weighted by molar-refractivity contribution is 5.75. The van der Waals surface area contributed by atoms with Gasteiger partial charge in [-0.1, -0.05) is 12.1 Å². The topological polar surface area (TPSA) is 87.0 Å². The van der Waals surface area contributed by atoms with E-state index in [-0.39, 0.29) is 0 Å². The van der Waals surface area contributed by atoms with Crippen molar-refractivity contribution in [3.63, 3.8) is 0 Å². The predicted molar refractivity (Wildman–Crippen MR) is 83.9 cm³/mol. The second-order valence-electron chi connectivity index (χ2n) is 5.78. The van der Waals surface area contributed by atoms with Gasteiger partial charge in [-0.25, -0.2) is 9.97 Å². The molecule has 1 atom stereocenters. The summed E-state index contributed by atoms with van der Waals surface area (Å²) in [5.41, 5.74) is 3.90. The van der Waals surface area contributed by atoms with Crippen molar-refractivity contribution in [2.75, 3.05) is 6.54 Å². The zero-order chi connectivity index (χ0) is 15.8. The number of fused-ring (bicyclic) bond motifs is 2.